The molecule has 0 aromatic carbocycles. The van der Waals surface area contributed by atoms with Crippen LogP contribution in [0.1, 0.15) is 107 Å². The Morgan fingerprint density at radius 3 is 2.26 bits per heavy atom. The van der Waals surface area contributed by atoms with E-state index in [9.17, 15) is 20.1 Å². The van der Waals surface area contributed by atoms with Crippen LogP contribution < -0.4 is 0 Å². The van der Waals surface area contributed by atoms with Gasteiger partial charge in [-0.3, -0.25) is 4.79 Å². The summed E-state index contributed by atoms with van der Waals surface area (Å²) in [6.45, 7) is 16.4. The van der Waals surface area contributed by atoms with Crippen LogP contribution in [0.4, 0.5) is 0 Å². The molecular formula is C32H52O6. The van der Waals surface area contributed by atoms with Crippen molar-refractivity contribution in [1.29, 1.82) is 0 Å². The highest BCUT2D eigenvalue weighted by molar-refractivity contribution is 5.66. The van der Waals surface area contributed by atoms with E-state index in [0.717, 1.165) is 32.1 Å². The van der Waals surface area contributed by atoms with E-state index in [2.05, 4.69) is 34.6 Å². The summed E-state index contributed by atoms with van der Waals surface area (Å²) >= 11 is 0. The van der Waals surface area contributed by atoms with E-state index in [1.54, 1.807) is 13.8 Å². The molecule has 0 radical (unpaired) electrons. The van der Waals surface area contributed by atoms with Gasteiger partial charge in [-0.25, -0.2) is 0 Å². The average Bonchev–Trinajstić information content (AvgIpc) is 3.44. The van der Waals surface area contributed by atoms with Crippen molar-refractivity contribution < 1.29 is 29.6 Å². The molecule has 3 N–H and O–H groups in total. The monoisotopic (exact) mass is 532 g/mol. The Balaban J connectivity index is 1.35. The van der Waals surface area contributed by atoms with Gasteiger partial charge in [0.25, 0.3) is 0 Å². The smallest absolute Gasteiger partial charge is 0.303 e. The number of hydrogen-bond acceptors (Lipinski definition) is 6. The number of carbonyl (C=O) groups is 1. The Morgan fingerprint density at radius 2 is 1.63 bits per heavy atom. The summed E-state index contributed by atoms with van der Waals surface area (Å²) in [6, 6.07) is 0. The number of aliphatic hydroxyl groups excluding tert-OH is 2. The molecule has 0 bridgehead atoms. The SMILES string of the molecule is CC(=O)O[C@@H]([C@H]1C[C@@H](C)[C@H]2[C@H](O1)[C@H](O)[C@@]1(C)[C@@H]3CC[C@H]4C(C)(C)[C@@H](O)CCC45C[C@@]35CC[C@]21C)C(C)(C)O. The van der Waals surface area contributed by atoms with Crippen molar-refractivity contribution in [2.24, 2.45) is 50.7 Å². The second-order valence-electron chi connectivity index (χ2n) is 16.3. The molecule has 0 aromatic rings. The fraction of sp³-hybridized carbons (Fsp3) is 0.969. The van der Waals surface area contributed by atoms with E-state index in [1.165, 1.54) is 19.8 Å². The summed E-state index contributed by atoms with van der Waals surface area (Å²) < 4.78 is 12.4. The highest BCUT2D eigenvalue weighted by Gasteiger charge is 2.84. The molecule has 1 unspecified atom stereocenters. The van der Waals surface area contributed by atoms with Gasteiger partial charge in [-0.2, -0.15) is 0 Å². The Morgan fingerprint density at radius 1 is 1.00 bits per heavy atom. The summed E-state index contributed by atoms with van der Waals surface area (Å²) in [4.78, 5) is 11.9. The van der Waals surface area contributed by atoms with Crippen LogP contribution in [0.2, 0.25) is 0 Å². The van der Waals surface area contributed by atoms with Gasteiger partial charge < -0.3 is 24.8 Å². The van der Waals surface area contributed by atoms with Gasteiger partial charge in [0, 0.05) is 12.3 Å². The van der Waals surface area contributed by atoms with Crippen molar-refractivity contribution in [1.82, 2.24) is 0 Å². The molecule has 38 heavy (non-hydrogen) atoms. The summed E-state index contributed by atoms with van der Waals surface area (Å²) in [5.41, 5.74) is -1.01. The summed E-state index contributed by atoms with van der Waals surface area (Å²) in [7, 11) is 0. The standard InChI is InChI=1S/C32H52O6/c1-17-15-19(26(28(5,6)36)37-18(2)33)38-24-23(17)29(7)13-14-32-16-31(32)12-11-22(34)27(3,4)20(31)9-10-21(32)30(29,8)25(24)35/h17,19-26,34-36H,9-16H2,1-8H3/t17-,19-,20+,21+,22+,23+,24+,25+,26+,29-,30-,31?,32+/m1/s1. The van der Waals surface area contributed by atoms with Crippen LogP contribution in [-0.4, -0.2) is 57.4 Å². The highest BCUT2D eigenvalue weighted by atomic mass is 16.6. The van der Waals surface area contributed by atoms with Crippen molar-refractivity contribution in [3.63, 3.8) is 0 Å². The molecule has 0 amide bonds. The van der Waals surface area contributed by atoms with Crippen LogP contribution in [0.25, 0.3) is 0 Å². The zero-order valence-electron chi connectivity index (χ0n) is 24.9. The molecular weight excluding hydrogens is 480 g/mol. The summed E-state index contributed by atoms with van der Waals surface area (Å²) in [5.74, 6) is 1.09. The van der Waals surface area contributed by atoms with Crippen LogP contribution in [-0.2, 0) is 14.3 Å². The normalized spacial score (nSPS) is 55.4. The number of hydrogen-bond donors (Lipinski definition) is 3. The van der Waals surface area contributed by atoms with Gasteiger partial charge in [0.2, 0.25) is 0 Å². The molecule has 6 fully saturated rings. The average molecular weight is 533 g/mol. The maximum absolute atomic E-state index is 12.3. The first-order chi connectivity index (χ1) is 17.5. The first-order valence-electron chi connectivity index (χ1n) is 15.4. The molecule has 6 heteroatoms. The second kappa shape index (κ2) is 7.98. The van der Waals surface area contributed by atoms with E-state index < -0.39 is 29.9 Å². The third-order valence-electron chi connectivity index (χ3n) is 14.1. The van der Waals surface area contributed by atoms with E-state index in [0.29, 0.717) is 23.7 Å². The largest absolute Gasteiger partial charge is 0.457 e. The van der Waals surface area contributed by atoms with Gasteiger partial charge in [-0.05, 0) is 111 Å². The van der Waals surface area contributed by atoms with Gasteiger partial charge >= 0.3 is 5.97 Å². The fourth-order valence-corrected chi connectivity index (χ4v) is 12.4. The summed E-state index contributed by atoms with van der Waals surface area (Å²) in [5, 5.41) is 34.2. The molecule has 1 aliphatic heterocycles. The first-order valence-corrected chi connectivity index (χ1v) is 15.4. The Labute approximate surface area is 229 Å². The zero-order valence-corrected chi connectivity index (χ0v) is 24.9. The third-order valence-corrected chi connectivity index (χ3v) is 14.1. The van der Waals surface area contributed by atoms with Crippen LogP contribution >= 0.6 is 0 Å². The molecule has 1 heterocycles. The molecule has 5 aliphatic carbocycles. The second-order valence-corrected chi connectivity index (χ2v) is 16.3. The fourth-order valence-electron chi connectivity index (χ4n) is 12.4. The quantitative estimate of drug-likeness (QED) is 0.449. The predicted molar refractivity (Wildman–Crippen MR) is 144 cm³/mol. The third kappa shape index (κ3) is 3.13. The number of carbonyl (C=O) groups excluding carboxylic acids is 1. The van der Waals surface area contributed by atoms with Crippen LogP contribution in [0.5, 0.6) is 0 Å². The molecule has 216 valence electrons. The van der Waals surface area contributed by atoms with Crippen molar-refractivity contribution in [2.75, 3.05) is 0 Å². The number of rotatable bonds is 3. The Kier molecular flexibility index (Phi) is 5.77. The lowest BCUT2D eigenvalue weighted by molar-refractivity contribution is -0.216. The minimum Gasteiger partial charge on any atom is -0.457 e. The maximum atomic E-state index is 12.3. The highest BCUT2D eigenvalue weighted by Crippen LogP contribution is 2.89. The maximum Gasteiger partial charge on any atom is 0.303 e. The van der Waals surface area contributed by atoms with Gasteiger partial charge in [-0.15, -0.1) is 0 Å². The first kappa shape index (κ1) is 27.5. The van der Waals surface area contributed by atoms with Gasteiger partial charge in [-0.1, -0.05) is 34.6 Å². The molecule has 6 aliphatic rings. The molecule has 0 aromatic heterocycles. The van der Waals surface area contributed by atoms with Crippen molar-refractivity contribution in [3.8, 4) is 0 Å². The van der Waals surface area contributed by atoms with E-state index in [4.69, 9.17) is 9.47 Å². The van der Waals surface area contributed by atoms with E-state index >= 15 is 0 Å². The molecule has 1 saturated heterocycles. The minimum atomic E-state index is -1.24. The van der Waals surface area contributed by atoms with Crippen LogP contribution in [0.3, 0.4) is 0 Å². The molecule has 13 atom stereocenters. The van der Waals surface area contributed by atoms with E-state index in [1.807, 2.05) is 0 Å². The van der Waals surface area contributed by atoms with Crippen molar-refractivity contribution in [3.05, 3.63) is 0 Å². The number of aliphatic hydroxyl groups is 3. The topological polar surface area (TPSA) is 96.2 Å². The lowest BCUT2D eigenvalue weighted by atomic mass is 9.41. The molecule has 2 spiro atoms. The molecule has 5 saturated carbocycles. The van der Waals surface area contributed by atoms with Crippen molar-refractivity contribution >= 4 is 5.97 Å². The number of ether oxygens (including phenoxy) is 2. The van der Waals surface area contributed by atoms with Crippen molar-refractivity contribution in [2.45, 2.75) is 143 Å². The number of fused-ring (bicyclic) bond motifs is 4. The zero-order chi connectivity index (χ0) is 27.8. The predicted octanol–water partition coefficient (Wildman–Crippen LogP) is 4.86. The lowest BCUT2D eigenvalue weighted by Crippen LogP contribution is -2.59. The van der Waals surface area contributed by atoms with Crippen LogP contribution in [0.15, 0.2) is 0 Å². The molecule has 6 rings (SSSR count). The van der Waals surface area contributed by atoms with Gasteiger partial charge in [0.15, 0.2) is 6.10 Å². The van der Waals surface area contributed by atoms with Gasteiger partial charge in [0.05, 0.1) is 30.0 Å². The minimum absolute atomic E-state index is 0.0383. The van der Waals surface area contributed by atoms with Crippen LogP contribution in [0, 0.1) is 50.7 Å². The van der Waals surface area contributed by atoms with Gasteiger partial charge in [0.1, 0.15) is 0 Å². The Bertz CT molecular complexity index is 1000. The number of esters is 1. The van der Waals surface area contributed by atoms with E-state index in [-0.39, 0.29) is 45.7 Å². The Hall–Kier alpha value is -0.690. The lowest BCUT2D eigenvalue weighted by Gasteiger charge is -2.63. The summed E-state index contributed by atoms with van der Waals surface area (Å²) in [6.07, 6.45) is 6.19. The molecule has 6 nitrogen and oxygen atoms in total.